The molecule has 126 valence electrons. The zero-order chi connectivity index (χ0) is 16.5. The smallest absolute Gasteiger partial charge is 0.227 e. The highest BCUT2D eigenvalue weighted by atomic mass is 35.5. The van der Waals surface area contributed by atoms with Crippen LogP contribution < -0.4 is 5.32 Å². The quantitative estimate of drug-likeness (QED) is 0.914. The van der Waals surface area contributed by atoms with E-state index in [2.05, 4.69) is 15.3 Å². The average molecular weight is 347 g/mol. The monoisotopic (exact) mass is 346 g/mol. The fraction of sp³-hybridized carbons (Fsp3) is 0.412. The number of fused-ring (bicyclic) bond motifs is 3. The summed E-state index contributed by atoms with van der Waals surface area (Å²) in [7, 11) is 0. The SMILES string of the molecule is O=C1N[C@@H]2COC[C@H]1CN(Cc1cnn(-c3ccc(Cl)cc3)c1)C2. The van der Waals surface area contributed by atoms with E-state index in [0.29, 0.717) is 24.8 Å². The molecule has 3 heterocycles. The highest BCUT2D eigenvalue weighted by Gasteiger charge is 2.33. The molecule has 2 atom stereocenters. The van der Waals surface area contributed by atoms with Crippen LogP contribution in [-0.4, -0.2) is 52.9 Å². The van der Waals surface area contributed by atoms with Gasteiger partial charge in [-0.2, -0.15) is 5.10 Å². The molecule has 2 aliphatic rings. The summed E-state index contributed by atoms with van der Waals surface area (Å²) in [6.45, 7) is 3.38. The van der Waals surface area contributed by atoms with E-state index < -0.39 is 0 Å². The Morgan fingerprint density at radius 1 is 1.25 bits per heavy atom. The van der Waals surface area contributed by atoms with Gasteiger partial charge in [0.2, 0.25) is 5.91 Å². The van der Waals surface area contributed by atoms with Crippen LogP contribution in [-0.2, 0) is 16.1 Å². The zero-order valence-electron chi connectivity index (χ0n) is 13.2. The summed E-state index contributed by atoms with van der Waals surface area (Å²) in [4.78, 5) is 14.4. The predicted octanol–water partition coefficient (Wildman–Crippen LogP) is 1.47. The van der Waals surface area contributed by atoms with Gasteiger partial charge in [0.15, 0.2) is 0 Å². The number of benzene rings is 1. The van der Waals surface area contributed by atoms with E-state index in [-0.39, 0.29) is 17.9 Å². The van der Waals surface area contributed by atoms with E-state index in [1.807, 2.05) is 41.3 Å². The predicted molar refractivity (Wildman–Crippen MR) is 90.1 cm³/mol. The van der Waals surface area contributed by atoms with Gasteiger partial charge in [-0.15, -0.1) is 0 Å². The molecule has 2 aliphatic heterocycles. The van der Waals surface area contributed by atoms with Crippen molar-refractivity contribution in [2.45, 2.75) is 12.6 Å². The fourth-order valence-corrected chi connectivity index (χ4v) is 3.41. The summed E-state index contributed by atoms with van der Waals surface area (Å²) in [5.74, 6) is 0.0145. The summed E-state index contributed by atoms with van der Waals surface area (Å²) in [5.41, 5.74) is 2.10. The van der Waals surface area contributed by atoms with Crippen molar-refractivity contribution in [2.75, 3.05) is 26.3 Å². The summed E-state index contributed by atoms with van der Waals surface area (Å²) >= 11 is 5.93. The molecule has 24 heavy (non-hydrogen) atoms. The van der Waals surface area contributed by atoms with Gasteiger partial charge in [0.05, 0.1) is 37.1 Å². The standard InChI is InChI=1S/C17H19ClN4O2/c18-14-1-3-16(4-2-14)22-7-12(5-19-22)6-21-8-13-10-24-11-15(9-21)20-17(13)23/h1-5,7,13,15H,6,8-11H2,(H,20,23)/t13-,15+/m1/s1. The molecule has 1 aromatic heterocycles. The Labute approximate surface area is 145 Å². The van der Waals surface area contributed by atoms with Crippen molar-refractivity contribution in [3.63, 3.8) is 0 Å². The second-order valence-electron chi connectivity index (χ2n) is 6.40. The van der Waals surface area contributed by atoms with Crippen molar-refractivity contribution in [1.82, 2.24) is 20.0 Å². The van der Waals surface area contributed by atoms with Crippen molar-refractivity contribution in [1.29, 1.82) is 0 Å². The van der Waals surface area contributed by atoms with Crippen LogP contribution in [0.25, 0.3) is 5.69 Å². The van der Waals surface area contributed by atoms with Crippen LogP contribution in [0, 0.1) is 5.92 Å². The Bertz CT molecular complexity index is 730. The third kappa shape index (κ3) is 3.31. The van der Waals surface area contributed by atoms with Crippen LogP contribution in [0.2, 0.25) is 5.02 Å². The van der Waals surface area contributed by atoms with Crippen molar-refractivity contribution in [3.8, 4) is 5.69 Å². The molecule has 2 fully saturated rings. The van der Waals surface area contributed by atoms with Gasteiger partial charge in [-0.25, -0.2) is 4.68 Å². The third-order valence-electron chi connectivity index (χ3n) is 4.45. The van der Waals surface area contributed by atoms with E-state index in [0.717, 1.165) is 24.3 Å². The molecular weight excluding hydrogens is 328 g/mol. The Morgan fingerprint density at radius 3 is 2.92 bits per heavy atom. The first kappa shape index (κ1) is 15.6. The Hall–Kier alpha value is -1.89. The molecule has 1 N–H and O–H groups in total. The van der Waals surface area contributed by atoms with Crippen LogP contribution in [0.4, 0.5) is 0 Å². The molecule has 1 amide bonds. The van der Waals surface area contributed by atoms with E-state index in [1.165, 1.54) is 0 Å². The third-order valence-corrected chi connectivity index (χ3v) is 4.70. The maximum Gasteiger partial charge on any atom is 0.227 e. The van der Waals surface area contributed by atoms with Crippen LogP contribution in [0.15, 0.2) is 36.7 Å². The summed E-state index contributed by atoms with van der Waals surface area (Å²) in [6.07, 6.45) is 3.90. The molecule has 2 aromatic rings. The number of ether oxygens (including phenoxy) is 1. The lowest BCUT2D eigenvalue weighted by Gasteiger charge is -2.26. The first-order chi connectivity index (χ1) is 11.7. The minimum atomic E-state index is -0.0937. The van der Waals surface area contributed by atoms with E-state index in [1.54, 1.807) is 0 Å². The number of carbonyl (C=O) groups excluding carboxylic acids is 1. The van der Waals surface area contributed by atoms with Gasteiger partial charge in [0, 0.05) is 36.4 Å². The lowest BCUT2D eigenvalue weighted by Crippen LogP contribution is -2.41. The molecule has 0 spiro atoms. The molecule has 0 aliphatic carbocycles. The van der Waals surface area contributed by atoms with Crippen molar-refractivity contribution in [3.05, 3.63) is 47.2 Å². The highest BCUT2D eigenvalue weighted by molar-refractivity contribution is 6.30. The number of rotatable bonds is 3. The van der Waals surface area contributed by atoms with Crippen molar-refractivity contribution >= 4 is 17.5 Å². The van der Waals surface area contributed by atoms with Crippen molar-refractivity contribution in [2.24, 2.45) is 5.92 Å². The number of halogens is 1. The molecule has 0 unspecified atom stereocenters. The van der Waals surface area contributed by atoms with Gasteiger partial charge >= 0.3 is 0 Å². The first-order valence-electron chi connectivity index (χ1n) is 8.07. The van der Waals surface area contributed by atoms with Crippen LogP contribution in [0.3, 0.4) is 0 Å². The normalized spacial score (nSPS) is 24.5. The van der Waals surface area contributed by atoms with Gasteiger partial charge in [-0.05, 0) is 24.3 Å². The number of nitrogens with one attached hydrogen (secondary N) is 1. The average Bonchev–Trinajstić information content (AvgIpc) is 2.86. The fourth-order valence-electron chi connectivity index (χ4n) is 3.28. The van der Waals surface area contributed by atoms with Gasteiger partial charge in [0.25, 0.3) is 0 Å². The Morgan fingerprint density at radius 2 is 2.08 bits per heavy atom. The summed E-state index contributed by atoms with van der Waals surface area (Å²) in [6, 6.07) is 7.65. The number of hydrogen-bond donors (Lipinski definition) is 1. The number of amides is 1. The van der Waals surface area contributed by atoms with Gasteiger partial charge < -0.3 is 10.1 Å². The number of nitrogens with zero attached hydrogens (tertiary/aromatic N) is 3. The van der Waals surface area contributed by atoms with E-state index >= 15 is 0 Å². The second-order valence-corrected chi connectivity index (χ2v) is 6.84. The van der Waals surface area contributed by atoms with Gasteiger partial charge in [-0.1, -0.05) is 11.6 Å². The summed E-state index contributed by atoms with van der Waals surface area (Å²) < 4.78 is 7.41. The van der Waals surface area contributed by atoms with Gasteiger partial charge in [0.1, 0.15) is 0 Å². The zero-order valence-corrected chi connectivity index (χ0v) is 13.9. The Kier molecular flexibility index (Phi) is 4.26. The lowest BCUT2D eigenvalue weighted by atomic mass is 10.1. The molecule has 2 saturated heterocycles. The number of carbonyl (C=O) groups is 1. The molecule has 2 bridgehead atoms. The van der Waals surface area contributed by atoms with Crippen LogP contribution in [0.1, 0.15) is 5.56 Å². The molecule has 7 heteroatoms. The molecular formula is C17H19ClN4O2. The second kappa shape index (κ2) is 6.55. The largest absolute Gasteiger partial charge is 0.378 e. The van der Waals surface area contributed by atoms with E-state index in [4.69, 9.17) is 16.3 Å². The minimum absolute atomic E-state index is 0.0660. The number of hydrogen-bond acceptors (Lipinski definition) is 4. The molecule has 1 aromatic carbocycles. The molecule has 0 saturated carbocycles. The van der Waals surface area contributed by atoms with Gasteiger partial charge in [-0.3, -0.25) is 9.69 Å². The maximum atomic E-state index is 12.1. The maximum absolute atomic E-state index is 12.1. The highest BCUT2D eigenvalue weighted by Crippen LogP contribution is 2.17. The van der Waals surface area contributed by atoms with Crippen molar-refractivity contribution < 1.29 is 9.53 Å². The van der Waals surface area contributed by atoms with Crippen LogP contribution >= 0.6 is 11.6 Å². The molecule has 0 radical (unpaired) electrons. The van der Waals surface area contributed by atoms with E-state index in [9.17, 15) is 4.79 Å². The lowest BCUT2D eigenvalue weighted by molar-refractivity contribution is -0.125. The molecule has 4 rings (SSSR count). The Balaban J connectivity index is 1.48. The molecule has 6 nitrogen and oxygen atoms in total. The minimum Gasteiger partial charge on any atom is -0.378 e. The summed E-state index contributed by atoms with van der Waals surface area (Å²) in [5, 5.41) is 8.20. The van der Waals surface area contributed by atoms with Crippen LogP contribution in [0.5, 0.6) is 0 Å². The first-order valence-corrected chi connectivity index (χ1v) is 8.45. The number of aromatic nitrogens is 2. The topological polar surface area (TPSA) is 59.4 Å².